The molecule has 0 aliphatic rings. The Bertz CT molecular complexity index is 509. The highest BCUT2D eigenvalue weighted by Crippen LogP contribution is 2.27. The number of aromatic nitrogens is 1. The zero-order chi connectivity index (χ0) is 12.3. The maximum Gasteiger partial charge on any atom is 0.0632 e. The molecule has 0 aliphatic heterocycles. The van der Waals surface area contributed by atoms with Crippen molar-refractivity contribution in [2.45, 2.75) is 19.4 Å². The Morgan fingerprint density at radius 3 is 2.88 bits per heavy atom. The third kappa shape index (κ3) is 2.31. The van der Waals surface area contributed by atoms with Crippen molar-refractivity contribution in [3.05, 3.63) is 30.6 Å². The third-order valence-electron chi connectivity index (χ3n) is 2.92. The first kappa shape index (κ1) is 11.7. The predicted molar refractivity (Wildman–Crippen MR) is 70.9 cm³/mol. The van der Waals surface area contributed by atoms with Gasteiger partial charge in [0.05, 0.1) is 6.61 Å². The molecule has 0 amide bonds. The third-order valence-corrected chi connectivity index (χ3v) is 2.92. The minimum Gasteiger partial charge on any atom is -0.398 e. The first-order valence-electron chi connectivity index (χ1n) is 5.75. The summed E-state index contributed by atoms with van der Waals surface area (Å²) < 4.78 is 0. The van der Waals surface area contributed by atoms with Crippen LogP contribution in [0.5, 0.6) is 0 Å². The van der Waals surface area contributed by atoms with E-state index in [1.165, 1.54) is 0 Å². The highest BCUT2D eigenvalue weighted by Gasteiger charge is 2.08. The number of pyridine rings is 1. The molecule has 1 aromatic carbocycles. The van der Waals surface area contributed by atoms with Crippen LogP contribution < -0.4 is 11.1 Å². The SMILES string of the molecule is CCC(CO)Nc1ccc(N)c2ccncc12. The molecule has 0 aliphatic carbocycles. The summed E-state index contributed by atoms with van der Waals surface area (Å²) in [5.74, 6) is 0. The Labute approximate surface area is 100 Å². The molecule has 1 atom stereocenters. The summed E-state index contributed by atoms with van der Waals surface area (Å²) in [6.07, 6.45) is 4.38. The van der Waals surface area contributed by atoms with Gasteiger partial charge in [-0.05, 0) is 24.6 Å². The van der Waals surface area contributed by atoms with Crippen molar-refractivity contribution in [2.24, 2.45) is 0 Å². The zero-order valence-electron chi connectivity index (χ0n) is 9.85. The van der Waals surface area contributed by atoms with Crippen molar-refractivity contribution in [3.63, 3.8) is 0 Å². The van der Waals surface area contributed by atoms with Crippen LogP contribution in [0.25, 0.3) is 10.8 Å². The molecule has 1 unspecified atom stereocenters. The van der Waals surface area contributed by atoms with E-state index < -0.39 is 0 Å². The second kappa shape index (κ2) is 5.01. The Morgan fingerprint density at radius 1 is 1.35 bits per heavy atom. The number of rotatable bonds is 4. The molecule has 0 bridgehead atoms. The highest BCUT2D eigenvalue weighted by molar-refractivity contribution is 6.00. The number of fused-ring (bicyclic) bond motifs is 1. The minimum absolute atomic E-state index is 0.0574. The zero-order valence-corrected chi connectivity index (χ0v) is 9.85. The van der Waals surface area contributed by atoms with Crippen LogP contribution in [0, 0.1) is 0 Å². The molecule has 90 valence electrons. The number of nitrogens with two attached hydrogens (primary N) is 1. The van der Waals surface area contributed by atoms with E-state index in [0.717, 1.165) is 28.6 Å². The smallest absolute Gasteiger partial charge is 0.0632 e. The van der Waals surface area contributed by atoms with Gasteiger partial charge in [-0.15, -0.1) is 0 Å². The van der Waals surface area contributed by atoms with Gasteiger partial charge in [-0.25, -0.2) is 0 Å². The second-order valence-corrected chi connectivity index (χ2v) is 4.06. The monoisotopic (exact) mass is 231 g/mol. The van der Waals surface area contributed by atoms with E-state index in [1.54, 1.807) is 12.4 Å². The average Bonchev–Trinajstić information content (AvgIpc) is 2.38. The van der Waals surface area contributed by atoms with Gasteiger partial charge in [0.2, 0.25) is 0 Å². The summed E-state index contributed by atoms with van der Waals surface area (Å²) in [4.78, 5) is 4.12. The van der Waals surface area contributed by atoms with E-state index in [1.807, 2.05) is 25.1 Å². The van der Waals surface area contributed by atoms with Crippen molar-refractivity contribution in [1.29, 1.82) is 0 Å². The quantitative estimate of drug-likeness (QED) is 0.704. The van der Waals surface area contributed by atoms with Crippen LogP contribution in [0.4, 0.5) is 11.4 Å². The Kier molecular flexibility index (Phi) is 3.44. The van der Waals surface area contributed by atoms with Gasteiger partial charge in [0.25, 0.3) is 0 Å². The van der Waals surface area contributed by atoms with Crippen LogP contribution in [0.15, 0.2) is 30.6 Å². The number of nitrogens with zero attached hydrogens (tertiary/aromatic N) is 1. The van der Waals surface area contributed by atoms with Gasteiger partial charge < -0.3 is 16.2 Å². The summed E-state index contributed by atoms with van der Waals surface area (Å²) >= 11 is 0. The number of nitrogens with one attached hydrogen (secondary N) is 1. The van der Waals surface area contributed by atoms with Gasteiger partial charge in [-0.2, -0.15) is 0 Å². The average molecular weight is 231 g/mol. The molecule has 0 fully saturated rings. The topological polar surface area (TPSA) is 71.2 Å². The number of aliphatic hydroxyl groups excluding tert-OH is 1. The largest absolute Gasteiger partial charge is 0.398 e. The summed E-state index contributed by atoms with van der Waals surface area (Å²) in [5.41, 5.74) is 7.62. The first-order chi connectivity index (χ1) is 8.26. The fourth-order valence-corrected chi connectivity index (χ4v) is 1.84. The lowest BCUT2D eigenvalue weighted by atomic mass is 10.1. The lowest BCUT2D eigenvalue weighted by Gasteiger charge is -2.17. The summed E-state index contributed by atoms with van der Waals surface area (Å²) in [6.45, 7) is 2.15. The summed E-state index contributed by atoms with van der Waals surface area (Å²) in [6, 6.07) is 5.75. The molecule has 0 radical (unpaired) electrons. The first-order valence-corrected chi connectivity index (χ1v) is 5.75. The molecular weight excluding hydrogens is 214 g/mol. The van der Waals surface area contributed by atoms with Crippen LogP contribution >= 0.6 is 0 Å². The molecule has 1 heterocycles. The summed E-state index contributed by atoms with van der Waals surface area (Å²) in [5, 5.41) is 14.5. The van der Waals surface area contributed by atoms with E-state index >= 15 is 0 Å². The van der Waals surface area contributed by atoms with E-state index in [0.29, 0.717) is 0 Å². The van der Waals surface area contributed by atoms with Crippen LogP contribution in [-0.4, -0.2) is 22.7 Å². The maximum absolute atomic E-state index is 9.21. The van der Waals surface area contributed by atoms with Gasteiger partial charge in [0.15, 0.2) is 0 Å². The Morgan fingerprint density at radius 2 is 2.18 bits per heavy atom. The van der Waals surface area contributed by atoms with Crippen molar-refractivity contribution < 1.29 is 5.11 Å². The number of anilines is 2. The van der Waals surface area contributed by atoms with E-state index in [2.05, 4.69) is 10.3 Å². The van der Waals surface area contributed by atoms with E-state index in [4.69, 9.17) is 5.73 Å². The number of benzene rings is 1. The Balaban J connectivity index is 2.44. The fourth-order valence-electron chi connectivity index (χ4n) is 1.84. The van der Waals surface area contributed by atoms with Crippen LogP contribution in [0.1, 0.15) is 13.3 Å². The predicted octanol–water partition coefficient (Wildman–Crippen LogP) is 2.00. The van der Waals surface area contributed by atoms with Gasteiger partial charge in [-0.3, -0.25) is 4.98 Å². The van der Waals surface area contributed by atoms with Crippen molar-refractivity contribution in [1.82, 2.24) is 4.98 Å². The Hall–Kier alpha value is -1.81. The molecule has 2 aromatic rings. The number of hydrogen-bond acceptors (Lipinski definition) is 4. The molecule has 2 rings (SSSR count). The minimum atomic E-state index is 0.0574. The number of nitrogen functional groups attached to an aromatic ring is 1. The van der Waals surface area contributed by atoms with Gasteiger partial charge in [-0.1, -0.05) is 6.92 Å². The van der Waals surface area contributed by atoms with E-state index in [9.17, 15) is 5.11 Å². The molecule has 0 saturated carbocycles. The second-order valence-electron chi connectivity index (χ2n) is 4.06. The number of aliphatic hydroxyl groups is 1. The van der Waals surface area contributed by atoms with Crippen LogP contribution in [0.2, 0.25) is 0 Å². The molecule has 4 heteroatoms. The maximum atomic E-state index is 9.21. The summed E-state index contributed by atoms with van der Waals surface area (Å²) in [7, 11) is 0. The highest BCUT2D eigenvalue weighted by atomic mass is 16.3. The molecule has 0 spiro atoms. The number of hydrogen-bond donors (Lipinski definition) is 3. The molecular formula is C13H17N3O. The molecule has 17 heavy (non-hydrogen) atoms. The van der Waals surface area contributed by atoms with Crippen molar-refractivity contribution in [3.8, 4) is 0 Å². The van der Waals surface area contributed by atoms with Gasteiger partial charge >= 0.3 is 0 Å². The lowest BCUT2D eigenvalue weighted by molar-refractivity contribution is 0.272. The molecule has 0 saturated heterocycles. The van der Waals surface area contributed by atoms with Gasteiger partial charge in [0, 0.05) is 40.6 Å². The molecule has 1 aromatic heterocycles. The lowest BCUT2D eigenvalue weighted by Crippen LogP contribution is -2.22. The molecule has 4 nitrogen and oxygen atoms in total. The van der Waals surface area contributed by atoms with E-state index in [-0.39, 0.29) is 12.6 Å². The normalized spacial score (nSPS) is 12.6. The standard InChI is InChI=1S/C13H17N3O/c1-2-9(8-17)16-13-4-3-12(14)10-5-6-15-7-11(10)13/h3-7,9,16-17H,2,8,14H2,1H3. The van der Waals surface area contributed by atoms with Crippen molar-refractivity contribution >= 4 is 22.1 Å². The van der Waals surface area contributed by atoms with Crippen LogP contribution in [-0.2, 0) is 0 Å². The fraction of sp³-hybridized carbons (Fsp3) is 0.308. The van der Waals surface area contributed by atoms with Crippen LogP contribution in [0.3, 0.4) is 0 Å². The van der Waals surface area contributed by atoms with Gasteiger partial charge in [0.1, 0.15) is 0 Å². The van der Waals surface area contributed by atoms with Crippen molar-refractivity contribution in [2.75, 3.05) is 17.7 Å². The molecule has 4 N–H and O–H groups in total.